The molecule has 0 atom stereocenters. The average Bonchev–Trinajstić information content (AvgIpc) is 3.35. The number of amides is 2. The second-order valence-corrected chi connectivity index (χ2v) is 7.84. The van der Waals surface area contributed by atoms with E-state index in [1.165, 1.54) is 11.8 Å². The molecular weight excluding hydrogens is 416 g/mol. The normalized spacial score (nSPS) is 14.4. The maximum atomic E-state index is 12.1. The van der Waals surface area contributed by atoms with Gasteiger partial charge in [-0.3, -0.25) is 25.3 Å². The number of carbonyl (C=O) groups is 2. The van der Waals surface area contributed by atoms with Gasteiger partial charge in [0.25, 0.3) is 5.91 Å². The van der Waals surface area contributed by atoms with Crippen LogP contribution >= 0.6 is 0 Å². The van der Waals surface area contributed by atoms with Gasteiger partial charge in [-0.05, 0) is 30.3 Å². The number of nitrogens with zero attached hydrogens (tertiary/aromatic N) is 4. The van der Waals surface area contributed by atoms with E-state index in [1.54, 1.807) is 17.0 Å². The first-order valence-electron chi connectivity index (χ1n) is 11.1. The quantitative estimate of drug-likeness (QED) is 0.432. The lowest BCUT2D eigenvalue weighted by atomic mass is 10.2. The van der Waals surface area contributed by atoms with Crippen LogP contribution in [0.1, 0.15) is 12.0 Å². The van der Waals surface area contributed by atoms with Gasteiger partial charge in [0.2, 0.25) is 5.91 Å². The van der Waals surface area contributed by atoms with Crippen LogP contribution in [0.4, 0.5) is 5.69 Å². The highest BCUT2D eigenvalue weighted by atomic mass is 16.2. The predicted octanol–water partition coefficient (Wildman–Crippen LogP) is 2.25. The first kappa shape index (κ1) is 22.3. The van der Waals surface area contributed by atoms with Gasteiger partial charge in [-0.1, -0.05) is 36.4 Å². The summed E-state index contributed by atoms with van der Waals surface area (Å²) in [4.78, 5) is 28.8. The lowest BCUT2D eigenvalue weighted by molar-refractivity contribution is -0.127. The largest absolute Gasteiger partial charge is 0.369 e. The molecule has 0 radical (unpaired) electrons. The first-order valence-corrected chi connectivity index (χ1v) is 11.1. The number of rotatable bonds is 7. The molecule has 2 aromatic carbocycles. The third-order valence-electron chi connectivity index (χ3n) is 5.52. The number of piperazine rings is 1. The van der Waals surface area contributed by atoms with E-state index < -0.39 is 5.91 Å². The Morgan fingerprint density at radius 3 is 2.24 bits per heavy atom. The minimum absolute atomic E-state index is 0.209. The van der Waals surface area contributed by atoms with Crippen molar-refractivity contribution in [3.05, 3.63) is 84.7 Å². The fraction of sp³-hybridized carbons (Fsp3) is 0.240. The molecule has 1 aliphatic rings. The van der Waals surface area contributed by atoms with E-state index in [-0.39, 0.29) is 5.91 Å². The van der Waals surface area contributed by atoms with Gasteiger partial charge in [0, 0.05) is 62.7 Å². The van der Waals surface area contributed by atoms with E-state index in [2.05, 4.69) is 37.9 Å². The lowest BCUT2D eigenvalue weighted by Crippen LogP contribution is -2.48. The van der Waals surface area contributed by atoms with Crippen LogP contribution in [-0.4, -0.2) is 59.2 Å². The van der Waals surface area contributed by atoms with Crippen LogP contribution in [0.15, 0.2) is 79.1 Å². The van der Waals surface area contributed by atoms with Crippen LogP contribution in [0.3, 0.4) is 0 Å². The summed E-state index contributed by atoms with van der Waals surface area (Å²) in [6.45, 7) is 4.36. The zero-order valence-corrected chi connectivity index (χ0v) is 18.4. The van der Waals surface area contributed by atoms with E-state index >= 15 is 0 Å². The summed E-state index contributed by atoms with van der Waals surface area (Å²) in [5.74, 6) is -0.605. The number of para-hydroxylation sites is 2. The van der Waals surface area contributed by atoms with Crippen LogP contribution < -0.4 is 15.8 Å². The second-order valence-electron chi connectivity index (χ2n) is 7.84. The van der Waals surface area contributed by atoms with E-state index in [1.807, 2.05) is 54.7 Å². The minimum Gasteiger partial charge on any atom is -0.369 e. The van der Waals surface area contributed by atoms with Gasteiger partial charge >= 0.3 is 0 Å². The third kappa shape index (κ3) is 6.54. The average molecular weight is 445 g/mol. The summed E-state index contributed by atoms with van der Waals surface area (Å²) in [5, 5.41) is 4.29. The molecule has 3 aromatic rings. The van der Waals surface area contributed by atoms with E-state index in [0.29, 0.717) is 13.0 Å². The van der Waals surface area contributed by atoms with Crippen LogP contribution in [0.25, 0.3) is 11.8 Å². The van der Waals surface area contributed by atoms with Crippen molar-refractivity contribution in [1.82, 2.24) is 25.5 Å². The summed E-state index contributed by atoms with van der Waals surface area (Å²) >= 11 is 0. The van der Waals surface area contributed by atoms with E-state index in [4.69, 9.17) is 0 Å². The van der Waals surface area contributed by atoms with Crippen LogP contribution in [0, 0.1) is 0 Å². The van der Waals surface area contributed by atoms with Crippen LogP contribution in [-0.2, 0) is 9.59 Å². The smallest absolute Gasteiger partial charge is 0.262 e. The Morgan fingerprint density at radius 2 is 1.55 bits per heavy atom. The molecule has 8 nitrogen and oxygen atoms in total. The molecule has 2 amide bonds. The van der Waals surface area contributed by atoms with E-state index in [9.17, 15) is 9.59 Å². The molecule has 1 aromatic heterocycles. The molecule has 0 bridgehead atoms. The van der Waals surface area contributed by atoms with Crippen LogP contribution in [0.2, 0.25) is 0 Å². The lowest BCUT2D eigenvalue weighted by Gasteiger charge is -2.36. The number of anilines is 1. The van der Waals surface area contributed by atoms with Crippen molar-refractivity contribution in [2.45, 2.75) is 6.42 Å². The van der Waals surface area contributed by atoms with Gasteiger partial charge in [0.05, 0.1) is 11.9 Å². The standard InChI is InChI=1S/C25H28N6O2/c32-24(12-11-21-19-26-31(20-21)23-9-5-2-6-10-23)27-28-25(33)13-14-29-15-17-30(18-16-29)22-7-3-1-4-8-22/h1-12,19-20H,13-18H2,(H,27,32)(H,28,33)/b12-11+. The van der Waals surface area contributed by atoms with Gasteiger partial charge in [0.15, 0.2) is 0 Å². The zero-order valence-electron chi connectivity index (χ0n) is 18.4. The Hall–Kier alpha value is -3.91. The maximum absolute atomic E-state index is 12.1. The highest BCUT2D eigenvalue weighted by Gasteiger charge is 2.17. The number of carbonyl (C=O) groups excluding carboxylic acids is 2. The summed E-state index contributed by atoms with van der Waals surface area (Å²) < 4.78 is 1.74. The fourth-order valence-electron chi connectivity index (χ4n) is 3.68. The van der Waals surface area contributed by atoms with Crippen molar-refractivity contribution in [2.75, 3.05) is 37.6 Å². The Bertz CT molecular complexity index is 1070. The second kappa shape index (κ2) is 11.1. The predicted molar refractivity (Wildman–Crippen MR) is 129 cm³/mol. The number of nitrogens with one attached hydrogen (secondary N) is 2. The Labute approximate surface area is 193 Å². The maximum Gasteiger partial charge on any atom is 0.262 e. The SMILES string of the molecule is O=C(/C=C/c1cnn(-c2ccccc2)c1)NNC(=O)CCN1CCN(c2ccccc2)CC1. The Balaban J connectivity index is 1.14. The number of hydrogen-bond donors (Lipinski definition) is 2. The highest BCUT2D eigenvalue weighted by molar-refractivity contribution is 5.93. The van der Waals surface area contributed by atoms with Crippen molar-refractivity contribution in [2.24, 2.45) is 0 Å². The molecule has 0 unspecified atom stereocenters. The Kier molecular flexibility index (Phi) is 7.50. The third-order valence-corrected chi connectivity index (χ3v) is 5.52. The molecule has 170 valence electrons. The Morgan fingerprint density at radius 1 is 0.879 bits per heavy atom. The van der Waals surface area contributed by atoms with Crippen molar-refractivity contribution in [1.29, 1.82) is 0 Å². The van der Waals surface area contributed by atoms with Gasteiger partial charge < -0.3 is 4.90 Å². The van der Waals surface area contributed by atoms with Crippen molar-refractivity contribution in [3.8, 4) is 5.69 Å². The molecule has 2 N–H and O–H groups in total. The summed E-state index contributed by atoms with van der Waals surface area (Å²) in [7, 11) is 0. The molecule has 4 rings (SSSR count). The van der Waals surface area contributed by atoms with Crippen molar-refractivity contribution >= 4 is 23.6 Å². The van der Waals surface area contributed by atoms with Crippen molar-refractivity contribution < 1.29 is 9.59 Å². The zero-order chi connectivity index (χ0) is 22.9. The molecule has 2 heterocycles. The molecule has 1 saturated heterocycles. The molecule has 33 heavy (non-hydrogen) atoms. The van der Waals surface area contributed by atoms with Crippen LogP contribution in [0.5, 0.6) is 0 Å². The van der Waals surface area contributed by atoms with Gasteiger partial charge in [-0.2, -0.15) is 5.10 Å². The van der Waals surface area contributed by atoms with Crippen molar-refractivity contribution in [3.63, 3.8) is 0 Å². The molecule has 0 aliphatic carbocycles. The van der Waals surface area contributed by atoms with Gasteiger partial charge in [-0.25, -0.2) is 4.68 Å². The molecule has 0 spiro atoms. The number of hydrazine groups is 1. The summed E-state index contributed by atoms with van der Waals surface area (Å²) in [5.41, 5.74) is 7.87. The first-order chi connectivity index (χ1) is 16.2. The van der Waals surface area contributed by atoms with E-state index in [0.717, 1.165) is 37.4 Å². The monoisotopic (exact) mass is 444 g/mol. The summed E-state index contributed by atoms with van der Waals surface area (Å²) in [6.07, 6.45) is 6.86. The molecular formula is C25H28N6O2. The topological polar surface area (TPSA) is 82.5 Å². The highest BCUT2D eigenvalue weighted by Crippen LogP contribution is 2.15. The summed E-state index contributed by atoms with van der Waals surface area (Å²) in [6, 6.07) is 20.1. The number of hydrogen-bond acceptors (Lipinski definition) is 5. The molecule has 1 aliphatic heterocycles. The molecule has 0 saturated carbocycles. The molecule has 1 fully saturated rings. The number of benzene rings is 2. The fourth-order valence-corrected chi connectivity index (χ4v) is 3.68. The van der Waals surface area contributed by atoms with Gasteiger partial charge in [-0.15, -0.1) is 0 Å². The number of aromatic nitrogens is 2. The van der Waals surface area contributed by atoms with Gasteiger partial charge in [0.1, 0.15) is 0 Å². The molecule has 8 heteroatoms. The minimum atomic E-state index is -0.396.